The van der Waals surface area contributed by atoms with Crippen molar-refractivity contribution in [2.45, 2.75) is 20.0 Å². The third-order valence-electron chi connectivity index (χ3n) is 2.12. The molecule has 0 amide bonds. The minimum absolute atomic E-state index is 0.590. The van der Waals surface area contributed by atoms with Crippen LogP contribution < -0.4 is 5.73 Å². The van der Waals surface area contributed by atoms with Crippen LogP contribution >= 0.6 is 11.5 Å². The van der Waals surface area contributed by atoms with Crippen molar-refractivity contribution in [3.63, 3.8) is 0 Å². The summed E-state index contributed by atoms with van der Waals surface area (Å²) in [6.07, 6.45) is 4.08. The lowest BCUT2D eigenvalue weighted by Crippen LogP contribution is -1.97. The van der Waals surface area contributed by atoms with Crippen molar-refractivity contribution in [3.05, 3.63) is 34.6 Å². The highest BCUT2D eigenvalue weighted by molar-refractivity contribution is 7.05. The van der Waals surface area contributed by atoms with Gasteiger partial charge in [0.15, 0.2) is 0 Å². The van der Waals surface area contributed by atoms with Crippen molar-refractivity contribution >= 4 is 11.5 Å². The molecule has 74 valence electrons. The molecular weight excluding hydrogens is 196 g/mol. The lowest BCUT2D eigenvalue weighted by atomic mass is 10.3. The molecule has 0 aliphatic rings. The van der Waals surface area contributed by atoms with E-state index in [2.05, 4.69) is 20.4 Å². The van der Waals surface area contributed by atoms with Crippen LogP contribution in [0.5, 0.6) is 0 Å². The van der Waals surface area contributed by atoms with E-state index in [1.54, 1.807) is 0 Å². The van der Waals surface area contributed by atoms with Gasteiger partial charge in [-0.25, -0.2) is 0 Å². The van der Waals surface area contributed by atoms with Crippen LogP contribution in [0.3, 0.4) is 0 Å². The van der Waals surface area contributed by atoms with E-state index in [4.69, 9.17) is 5.73 Å². The summed E-state index contributed by atoms with van der Waals surface area (Å²) in [5, 5.41) is 3.97. The summed E-state index contributed by atoms with van der Waals surface area (Å²) in [5.74, 6) is 0. The van der Waals surface area contributed by atoms with Crippen LogP contribution in [0, 0.1) is 6.92 Å². The minimum atomic E-state index is 0.590. The first-order valence-corrected chi connectivity index (χ1v) is 5.19. The molecule has 14 heavy (non-hydrogen) atoms. The molecule has 0 bridgehead atoms. The van der Waals surface area contributed by atoms with Gasteiger partial charge in [0.05, 0.1) is 17.1 Å². The Morgan fingerprint density at radius 1 is 1.57 bits per heavy atom. The Labute approximate surface area is 86.5 Å². The van der Waals surface area contributed by atoms with Crippen LogP contribution in [0.25, 0.3) is 0 Å². The number of aromatic nitrogens is 3. The van der Waals surface area contributed by atoms with Gasteiger partial charge in [0.25, 0.3) is 0 Å². The Morgan fingerprint density at radius 3 is 3.00 bits per heavy atom. The molecule has 0 saturated heterocycles. The van der Waals surface area contributed by atoms with Crippen molar-refractivity contribution in [1.82, 2.24) is 14.2 Å². The lowest BCUT2D eigenvalue weighted by molar-refractivity contribution is 0.805. The molecule has 0 aromatic carbocycles. The molecule has 0 atom stereocenters. The predicted octanol–water partition coefficient (Wildman–Crippen LogP) is 1.16. The number of rotatable bonds is 3. The van der Waals surface area contributed by atoms with Gasteiger partial charge in [-0.2, -0.15) is 0 Å². The summed E-state index contributed by atoms with van der Waals surface area (Å²) in [7, 11) is 0. The second-order valence-electron chi connectivity index (χ2n) is 3.18. The average molecular weight is 208 g/mol. The van der Waals surface area contributed by atoms with Crippen molar-refractivity contribution in [2.24, 2.45) is 5.73 Å². The molecule has 5 heteroatoms. The van der Waals surface area contributed by atoms with Gasteiger partial charge in [-0.15, -0.1) is 5.10 Å². The van der Waals surface area contributed by atoms with E-state index in [0.717, 1.165) is 17.8 Å². The summed E-state index contributed by atoms with van der Waals surface area (Å²) >= 11 is 1.45. The van der Waals surface area contributed by atoms with Gasteiger partial charge in [0, 0.05) is 18.9 Å². The molecule has 0 fully saturated rings. The van der Waals surface area contributed by atoms with Gasteiger partial charge in [-0.1, -0.05) is 4.49 Å². The summed E-state index contributed by atoms with van der Waals surface area (Å²) in [6.45, 7) is 3.41. The lowest BCUT2D eigenvalue weighted by Gasteiger charge is -1.99. The number of hydrogen-bond acceptors (Lipinski definition) is 4. The molecule has 0 radical (unpaired) electrons. The normalized spacial score (nSPS) is 10.7. The quantitative estimate of drug-likeness (QED) is 0.823. The van der Waals surface area contributed by atoms with E-state index in [1.807, 2.05) is 19.2 Å². The van der Waals surface area contributed by atoms with E-state index in [1.165, 1.54) is 16.4 Å². The molecule has 2 N–H and O–H groups in total. The molecule has 2 aromatic rings. The predicted molar refractivity (Wildman–Crippen MR) is 56.1 cm³/mol. The zero-order valence-corrected chi connectivity index (χ0v) is 8.79. The van der Waals surface area contributed by atoms with Gasteiger partial charge in [-0.3, -0.25) is 0 Å². The molecule has 0 aliphatic heterocycles. The molecule has 2 heterocycles. The fourth-order valence-corrected chi connectivity index (χ4v) is 1.91. The highest BCUT2D eigenvalue weighted by atomic mass is 32.1. The topological polar surface area (TPSA) is 56.7 Å². The Balaban J connectivity index is 2.15. The van der Waals surface area contributed by atoms with Gasteiger partial charge in [-0.05, 0) is 30.1 Å². The smallest absolute Gasteiger partial charge is 0.0775 e. The van der Waals surface area contributed by atoms with Crippen LogP contribution in [0.1, 0.15) is 16.1 Å². The van der Waals surface area contributed by atoms with Crippen LogP contribution in [0.15, 0.2) is 18.5 Å². The van der Waals surface area contributed by atoms with Crippen LogP contribution in [-0.2, 0) is 13.1 Å². The first-order chi connectivity index (χ1) is 6.79. The summed E-state index contributed by atoms with van der Waals surface area (Å²) in [4.78, 5) is 1.20. The number of hydrogen-bond donors (Lipinski definition) is 1. The van der Waals surface area contributed by atoms with Gasteiger partial charge in [0.1, 0.15) is 0 Å². The third kappa shape index (κ3) is 1.83. The molecule has 4 nitrogen and oxygen atoms in total. The van der Waals surface area contributed by atoms with E-state index >= 15 is 0 Å². The zero-order valence-electron chi connectivity index (χ0n) is 7.97. The highest BCUT2D eigenvalue weighted by Crippen LogP contribution is 2.12. The van der Waals surface area contributed by atoms with Crippen molar-refractivity contribution < 1.29 is 0 Å². The summed E-state index contributed by atoms with van der Waals surface area (Å²) in [6, 6.07) is 2.03. The van der Waals surface area contributed by atoms with Crippen molar-refractivity contribution in [1.29, 1.82) is 0 Å². The molecule has 0 unspecified atom stereocenters. The Hall–Kier alpha value is -1.20. The van der Waals surface area contributed by atoms with E-state index in [9.17, 15) is 0 Å². The van der Waals surface area contributed by atoms with E-state index in [-0.39, 0.29) is 0 Å². The Kier molecular flexibility index (Phi) is 2.60. The maximum Gasteiger partial charge on any atom is 0.0775 e. The standard InChI is InChI=1S/C9H12N4S/c1-7-9(14-12-11-7)6-13-3-2-8(4-10)5-13/h2-3,5H,4,6,10H2,1H3. The minimum Gasteiger partial charge on any atom is -0.349 e. The molecule has 2 aromatic heterocycles. The first-order valence-electron chi connectivity index (χ1n) is 4.42. The molecule has 0 spiro atoms. The number of nitrogens with zero attached hydrogens (tertiary/aromatic N) is 3. The monoisotopic (exact) mass is 208 g/mol. The maximum atomic E-state index is 5.53. The molecule has 0 aliphatic carbocycles. The van der Waals surface area contributed by atoms with E-state index in [0.29, 0.717) is 6.54 Å². The Morgan fingerprint density at radius 2 is 2.43 bits per heavy atom. The highest BCUT2D eigenvalue weighted by Gasteiger charge is 2.03. The third-order valence-corrected chi connectivity index (χ3v) is 2.93. The zero-order chi connectivity index (χ0) is 9.97. The molecule has 0 saturated carbocycles. The van der Waals surface area contributed by atoms with Gasteiger partial charge in [0.2, 0.25) is 0 Å². The van der Waals surface area contributed by atoms with Crippen LogP contribution in [-0.4, -0.2) is 14.2 Å². The maximum absolute atomic E-state index is 5.53. The first kappa shape index (κ1) is 9.36. The second kappa shape index (κ2) is 3.89. The van der Waals surface area contributed by atoms with Crippen LogP contribution in [0.4, 0.5) is 0 Å². The SMILES string of the molecule is Cc1nnsc1Cn1ccc(CN)c1. The van der Waals surface area contributed by atoms with Gasteiger partial charge >= 0.3 is 0 Å². The Bertz CT molecular complexity index is 418. The fourth-order valence-electron chi connectivity index (χ4n) is 1.27. The number of aryl methyl sites for hydroxylation is 1. The van der Waals surface area contributed by atoms with Crippen LogP contribution in [0.2, 0.25) is 0 Å². The summed E-state index contributed by atoms with van der Waals surface area (Å²) in [5.41, 5.74) is 7.70. The molecule has 2 rings (SSSR count). The van der Waals surface area contributed by atoms with Gasteiger partial charge < -0.3 is 10.3 Å². The summed E-state index contributed by atoms with van der Waals surface area (Å²) < 4.78 is 6.00. The second-order valence-corrected chi connectivity index (χ2v) is 4.02. The average Bonchev–Trinajstić information content (AvgIpc) is 2.77. The van der Waals surface area contributed by atoms with Crippen molar-refractivity contribution in [3.8, 4) is 0 Å². The largest absolute Gasteiger partial charge is 0.349 e. The number of nitrogens with two attached hydrogens (primary N) is 1. The van der Waals surface area contributed by atoms with Crippen molar-refractivity contribution in [2.75, 3.05) is 0 Å². The molecular formula is C9H12N4S. The fraction of sp³-hybridized carbons (Fsp3) is 0.333. The van der Waals surface area contributed by atoms with E-state index < -0.39 is 0 Å².